The van der Waals surface area contributed by atoms with E-state index in [1.165, 1.54) is 0 Å². The summed E-state index contributed by atoms with van der Waals surface area (Å²) in [6, 6.07) is 0.851. The summed E-state index contributed by atoms with van der Waals surface area (Å²) in [5, 5.41) is 9.36. The maximum atomic E-state index is 12.5. The number of aromatic nitrogens is 4. The molecular formula is C10H10ClF3N5S+. The maximum Gasteiger partial charge on any atom is 0.419 e. The van der Waals surface area contributed by atoms with Crippen molar-refractivity contribution in [3.63, 3.8) is 0 Å². The molecule has 108 valence electrons. The van der Waals surface area contributed by atoms with Crippen LogP contribution in [-0.4, -0.2) is 14.8 Å². The van der Waals surface area contributed by atoms with E-state index in [0.717, 1.165) is 12.3 Å². The molecule has 0 fully saturated rings. The molecule has 20 heavy (non-hydrogen) atoms. The number of aromatic amines is 2. The molecule has 2 heterocycles. The number of halogens is 4. The molecule has 0 aliphatic heterocycles. The van der Waals surface area contributed by atoms with Crippen LogP contribution in [0.3, 0.4) is 0 Å². The molecule has 0 atom stereocenters. The highest BCUT2D eigenvalue weighted by Gasteiger charge is 2.32. The van der Waals surface area contributed by atoms with Gasteiger partial charge >= 0.3 is 6.18 Å². The van der Waals surface area contributed by atoms with Crippen molar-refractivity contribution in [3.8, 4) is 0 Å². The number of hydrogen-bond acceptors (Lipinski definition) is 3. The van der Waals surface area contributed by atoms with Crippen molar-refractivity contribution >= 4 is 29.6 Å². The van der Waals surface area contributed by atoms with Gasteiger partial charge in [0.2, 0.25) is 0 Å². The maximum absolute atomic E-state index is 12.5. The Balaban J connectivity index is 2.15. The molecule has 2 aromatic rings. The van der Waals surface area contributed by atoms with Crippen molar-refractivity contribution in [2.75, 3.05) is 5.32 Å². The van der Waals surface area contributed by atoms with Crippen molar-refractivity contribution in [2.45, 2.75) is 12.7 Å². The summed E-state index contributed by atoms with van der Waals surface area (Å²) >= 11 is 10.7. The van der Waals surface area contributed by atoms with Gasteiger partial charge in [0.25, 0.3) is 5.82 Å². The molecule has 0 aliphatic rings. The lowest BCUT2D eigenvalue weighted by molar-refractivity contribution is -0.364. The van der Waals surface area contributed by atoms with Gasteiger partial charge in [-0.3, -0.25) is 10.4 Å². The number of rotatable bonds is 3. The number of pyridine rings is 1. The van der Waals surface area contributed by atoms with Gasteiger partial charge in [0.15, 0.2) is 10.6 Å². The van der Waals surface area contributed by atoms with Gasteiger partial charge in [-0.1, -0.05) is 11.6 Å². The third-order valence-electron chi connectivity index (χ3n) is 2.62. The fourth-order valence-corrected chi connectivity index (χ4v) is 1.86. The van der Waals surface area contributed by atoms with E-state index in [4.69, 9.17) is 23.8 Å². The highest BCUT2D eigenvalue weighted by atomic mass is 35.5. The van der Waals surface area contributed by atoms with Crippen molar-refractivity contribution in [1.29, 1.82) is 0 Å². The predicted octanol–water partition coefficient (Wildman–Crippen LogP) is 2.58. The van der Waals surface area contributed by atoms with Crippen LogP contribution in [-0.2, 0) is 19.8 Å². The van der Waals surface area contributed by atoms with Gasteiger partial charge in [-0.15, -0.1) is 0 Å². The summed E-state index contributed by atoms with van der Waals surface area (Å²) in [6.45, 7) is 0.255. The van der Waals surface area contributed by atoms with Crippen LogP contribution in [0, 0.1) is 4.77 Å². The number of anilines is 1. The van der Waals surface area contributed by atoms with E-state index in [1.54, 1.807) is 11.6 Å². The first kappa shape index (κ1) is 14.8. The smallest absolute Gasteiger partial charge is 0.304 e. The molecule has 10 heteroatoms. The lowest BCUT2D eigenvalue weighted by atomic mass is 10.3. The first-order valence-corrected chi connectivity index (χ1v) is 6.20. The molecule has 0 amide bonds. The molecule has 2 aromatic heterocycles. The lowest BCUT2D eigenvalue weighted by Gasteiger charge is -2.06. The Labute approximate surface area is 121 Å². The highest BCUT2D eigenvalue weighted by Crippen LogP contribution is 2.31. The molecule has 2 rings (SSSR count). The predicted molar refractivity (Wildman–Crippen MR) is 68.7 cm³/mol. The van der Waals surface area contributed by atoms with E-state index in [9.17, 15) is 13.2 Å². The van der Waals surface area contributed by atoms with Crippen LogP contribution in [0.5, 0.6) is 0 Å². The average Bonchev–Trinajstić information content (AvgIpc) is 2.67. The summed E-state index contributed by atoms with van der Waals surface area (Å²) in [4.78, 5) is 2.47. The number of nitrogens with zero attached hydrogens (tertiary/aromatic N) is 2. The molecule has 0 aromatic carbocycles. The van der Waals surface area contributed by atoms with E-state index in [2.05, 4.69) is 20.5 Å². The van der Waals surface area contributed by atoms with Crippen LogP contribution in [0.25, 0.3) is 0 Å². The molecule has 0 spiro atoms. The largest absolute Gasteiger partial charge is 0.419 e. The molecule has 0 bridgehead atoms. The van der Waals surface area contributed by atoms with E-state index in [1.807, 2.05) is 0 Å². The quantitative estimate of drug-likeness (QED) is 0.853. The molecule has 0 aliphatic carbocycles. The zero-order chi connectivity index (χ0) is 14.9. The molecular weight excluding hydrogens is 315 g/mol. The summed E-state index contributed by atoms with van der Waals surface area (Å²) in [5.74, 6) is 0.868. The Morgan fingerprint density at radius 2 is 2.25 bits per heavy atom. The summed E-state index contributed by atoms with van der Waals surface area (Å²) in [7, 11) is 1.72. The van der Waals surface area contributed by atoms with E-state index in [0.29, 0.717) is 10.6 Å². The van der Waals surface area contributed by atoms with Gasteiger partial charge < -0.3 is 4.57 Å². The van der Waals surface area contributed by atoms with Crippen LogP contribution in [0.2, 0.25) is 5.02 Å². The Hall–Kier alpha value is -1.61. The third-order valence-corrected chi connectivity index (χ3v) is 3.28. The van der Waals surface area contributed by atoms with E-state index in [-0.39, 0.29) is 17.4 Å². The van der Waals surface area contributed by atoms with Gasteiger partial charge in [0.05, 0.1) is 5.56 Å². The van der Waals surface area contributed by atoms with Gasteiger partial charge in [0, 0.05) is 7.05 Å². The minimum atomic E-state index is -4.44. The second-order valence-electron chi connectivity index (χ2n) is 3.97. The van der Waals surface area contributed by atoms with Crippen molar-refractivity contribution in [3.05, 3.63) is 33.4 Å². The number of H-pyrrole nitrogens is 2. The zero-order valence-corrected chi connectivity index (χ0v) is 11.7. The molecule has 5 nitrogen and oxygen atoms in total. The van der Waals surface area contributed by atoms with Gasteiger partial charge in [-0.2, -0.15) is 18.3 Å². The Morgan fingerprint density at radius 3 is 2.75 bits per heavy atom. The van der Waals surface area contributed by atoms with Crippen LogP contribution in [0.4, 0.5) is 19.0 Å². The minimum absolute atomic E-state index is 0.0587. The molecule has 3 N–H and O–H groups in total. The lowest BCUT2D eigenvalue weighted by Crippen LogP contribution is -2.18. The van der Waals surface area contributed by atoms with Gasteiger partial charge in [-0.05, 0) is 18.3 Å². The van der Waals surface area contributed by atoms with Crippen LogP contribution >= 0.6 is 23.8 Å². The Morgan fingerprint density at radius 1 is 1.55 bits per heavy atom. The van der Waals surface area contributed by atoms with E-state index < -0.39 is 11.7 Å². The van der Waals surface area contributed by atoms with Gasteiger partial charge in [0.1, 0.15) is 17.8 Å². The van der Waals surface area contributed by atoms with Crippen molar-refractivity contribution in [1.82, 2.24) is 14.8 Å². The fourth-order valence-electron chi connectivity index (χ4n) is 1.47. The summed E-state index contributed by atoms with van der Waals surface area (Å²) in [5.41, 5.74) is -0.841. The SMILES string of the molecule is Cn1c(CNc2[nH+]cc(C(F)(F)F)cc2Cl)n[nH]c1=S. The Bertz CT molecular complexity index is 678. The van der Waals surface area contributed by atoms with Crippen molar-refractivity contribution in [2.24, 2.45) is 7.05 Å². The molecule has 0 unspecified atom stereocenters. The minimum Gasteiger partial charge on any atom is -0.304 e. The third kappa shape index (κ3) is 3.10. The molecule has 0 saturated carbocycles. The molecule has 0 radical (unpaired) electrons. The number of nitrogens with one attached hydrogen (secondary N) is 3. The number of alkyl halides is 3. The zero-order valence-electron chi connectivity index (χ0n) is 10.2. The summed E-state index contributed by atoms with van der Waals surface area (Å²) < 4.78 is 39.5. The highest BCUT2D eigenvalue weighted by molar-refractivity contribution is 7.71. The van der Waals surface area contributed by atoms with Crippen LogP contribution < -0.4 is 10.3 Å². The first-order chi connectivity index (χ1) is 9.29. The second-order valence-corrected chi connectivity index (χ2v) is 4.76. The standard InChI is InChI=1S/C10H9ClF3N5S/c1-19-7(17-18-9(19)20)4-16-8-6(11)2-5(3-15-8)10(12,13)14/h2-3H,4H2,1H3,(H,15,16)(H,18,20)/p+1. The van der Waals surface area contributed by atoms with Crippen molar-refractivity contribution < 1.29 is 18.2 Å². The number of hydrogen-bond donors (Lipinski definition) is 2. The van der Waals surface area contributed by atoms with E-state index >= 15 is 0 Å². The Kier molecular flexibility index (Phi) is 4.00. The fraction of sp³-hybridized carbons (Fsp3) is 0.300. The van der Waals surface area contributed by atoms with Crippen LogP contribution in [0.15, 0.2) is 12.3 Å². The monoisotopic (exact) mass is 324 g/mol. The second kappa shape index (κ2) is 5.41. The molecule has 0 saturated heterocycles. The van der Waals surface area contributed by atoms with Gasteiger partial charge in [-0.25, -0.2) is 4.98 Å². The first-order valence-electron chi connectivity index (χ1n) is 5.41. The average molecular weight is 325 g/mol. The normalized spacial score (nSPS) is 11.7. The van der Waals surface area contributed by atoms with Crippen LogP contribution in [0.1, 0.15) is 11.4 Å². The topological polar surface area (TPSA) is 59.8 Å². The summed E-state index contributed by atoms with van der Waals surface area (Å²) in [6.07, 6.45) is -3.60.